The number of benzene rings is 1. The molecule has 1 aromatic carbocycles. The fourth-order valence-electron chi connectivity index (χ4n) is 1.65. The lowest BCUT2D eigenvalue weighted by Gasteiger charge is -2.15. The Hall–Kier alpha value is -1.37. The molecule has 3 N–H and O–H groups in total. The van der Waals surface area contributed by atoms with Crippen molar-refractivity contribution in [1.82, 2.24) is 5.43 Å². The fourth-order valence-corrected chi connectivity index (χ4v) is 1.65. The normalized spacial score (nSPS) is 11.8. The summed E-state index contributed by atoms with van der Waals surface area (Å²) < 4.78 is 13.2. The van der Waals surface area contributed by atoms with Gasteiger partial charge in [0.25, 0.3) is 0 Å². The van der Waals surface area contributed by atoms with Gasteiger partial charge >= 0.3 is 0 Å². The first kappa shape index (κ1) is 12.7. The molecule has 0 aliphatic carbocycles. The highest BCUT2D eigenvalue weighted by molar-refractivity contribution is 5.26. The predicted octanol–water partition coefficient (Wildman–Crippen LogP) is 2.44. The molecule has 2 nitrogen and oxygen atoms in total. The average Bonchev–Trinajstić information content (AvgIpc) is 2.23. The van der Waals surface area contributed by atoms with Gasteiger partial charge in [0.2, 0.25) is 0 Å². The van der Waals surface area contributed by atoms with Gasteiger partial charge in [-0.25, -0.2) is 4.39 Å². The van der Waals surface area contributed by atoms with Crippen LogP contribution in [0, 0.1) is 24.6 Å². The second-order valence-electron chi connectivity index (χ2n) is 3.75. The zero-order valence-electron chi connectivity index (χ0n) is 9.68. The summed E-state index contributed by atoms with van der Waals surface area (Å²) in [6.07, 6.45) is 1.53. The molecule has 1 rings (SSSR count). The maximum Gasteiger partial charge on any atom is 0.123 e. The van der Waals surface area contributed by atoms with Crippen molar-refractivity contribution in [3.8, 4) is 11.8 Å². The molecule has 0 heterocycles. The van der Waals surface area contributed by atoms with Crippen molar-refractivity contribution >= 4 is 0 Å². The van der Waals surface area contributed by atoms with Gasteiger partial charge < -0.3 is 0 Å². The molecular formula is C13H17FN2. The Labute approximate surface area is 96.0 Å². The van der Waals surface area contributed by atoms with E-state index in [2.05, 4.69) is 17.3 Å². The van der Waals surface area contributed by atoms with Crippen molar-refractivity contribution in [2.75, 3.05) is 0 Å². The molecule has 0 radical (unpaired) electrons. The Morgan fingerprint density at radius 1 is 1.44 bits per heavy atom. The molecule has 1 atom stereocenters. The molecule has 0 bridgehead atoms. The van der Waals surface area contributed by atoms with E-state index in [0.717, 1.165) is 24.0 Å². The third kappa shape index (κ3) is 3.65. The van der Waals surface area contributed by atoms with Crippen LogP contribution < -0.4 is 11.3 Å². The molecule has 0 spiro atoms. The lowest BCUT2D eigenvalue weighted by atomic mass is 10.0. The van der Waals surface area contributed by atoms with Crippen molar-refractivity contribution in [2.45, 2.75) is 32.7 Å². The van der Waals surface area contributed by atoms with Gasteiger partial charge in [-0.05, 0) is 43.5 Å². The van der Waals surface area contributed by atoms with Crippen molar-refractivity contribution in [3.63, 3.8) is 0 Å². The SMILES string of the molecule is CC#CCCC(NN)c1cc(C)cc(F)c1. The summed E-state index contributed by atoms with van der Waals surface area (Å²) in [7, 11) is 0. The minimum absolute atomic E-state index is 0.0461. The molecule has 0 saturated heterocycles. The smallest absolute Gasteiger partial charge is 0.123 e. The van der Waals surface area contributed by atoms with E-state index in [1.165, 1.54) is 12.1 Å². The second-order valence-corrected chi connectivity index (χ2v) is 3.75. The maximum absolute atomic E-state index is 13.2. The highest BCUT2D eigenvalue weighted by atomic mass is 19.1. The average molecular weight is 220 g/mol. The highest BCUT2D eigenvalue weighted by Crippen LogP contribution is 2.19. The molecular weight excluding hydrogens is 203 g/mol. The van der Waals surface area contributed by atoms with Gasteiger partial charge in [0.05, 0.1) is 0 Å². The minimum atomic E-state index is -0.225. The van der Waals surface area contributed by atoms with Crippen molar-refractivity contribution in [3.05, 3.63) is 35.1 Å². The van der Waals surface area contributed by atoms with Gasteiger partial charge in [-0.2, -0.15) is 0 Å². The van der Waals surface area contributed by atoms with Crippen molar-refractivity contribution in [1.29, 1.82) is 0 Å². The Morgan fingerprint density at radius 2 is 2.19 bits per heavy atom. The van der Waals surface area contributed by atoms with Crippen molar-refractivity contribution < 1.29 is 4.39 Å². The molecule has 3 heteroatoms. The molecule has 0 aliphatic heterocycles. The summed E-state index contributed by atoms with van der Waals surface area (Å²) in [4.78, 5) is 0. The van der Waals surface area contributed by atoms with E-state index in [4.69, 9.17) is 5.84 Å². The summed E-state index contributed by atoms with van der Waals surface area (Å²) in [5.74, 6) is 11.0. The van der Waals surface area contributed by atoms with Crippen LogP contribution in [0.15, 0.2) is 18.2 Å². The number of aryl methyl sites for hydroxylation is 1. The third-order valence-corrected chi connectivity index (χ3v) is 2.40. The number of halogens is 1. The quantitative estimate of drug-likeness (QED) is 0.464. The Kier molecular flexibility index (Phi) is 4.97. The van der Waals surface area contributed by atoms with Crippen LogP contribution in [0.1, 0.15) is 36.9 Å². The molecule has 0 aliphatic rings. The summed E-state index contributed by atoms with van der Waals surface area (Å²) in [5, 5.41) is 0. The van der Waals surface area contributed by atoms with E-state index in [1.807, 2.05) is 13.0 Å². The molecule has 1 aromatic rings. The monoisotopic (exact) mass is 220 g/mol. The lowest BCUT2D eigenvalue weighted by Crippen LogP contribution is -2.28. The summed E-state index contributed by atoms with van der Waals surface area (Å²) >= 11 is 0. The van der Waals surface area contributed by atoms with Crippen LogP contribution in [0.25, 0.3) is 0 Å². The zero-order chi connectivity index (χ0) is 12.0. The van der Waals surface area contributed by atoms with E-state index < -0.39 is 0 Å². The van der Waals surface area contributed by atoms with E-state index in [1.54, 1.807) is 6.92 Å². The Bertz CT molecular complexity index is 384. The Balaban J connectivity index is 2.80. The van der Waals surface area contributed by atoms with Crippen LogP contribution in [-0.4, -0.2) is 0 Å². The van der Waals surface area contributed by atoms with Crippen LogP contribution in [0.2, 0.25) is 0 Å². The number of rotatable bonds is 4. The standard InChI is InChI=1S/C13H17FN2/c1-3-4-5-6-13(16-15)11-7-10(2)8-12(14)9-11/h7-9,13,16H,5-6,15H2,1-2H3. The number of nitrogens with one attached hydrogen (secondary N) is 1. The summed E-state index contributed by atoms with van der Waals surface area (Å²) in [6, 6.07) is 4.91. The van der Waals surface area contributed by atoms with Gasteiger partial charge in [0.15, 0.2) is 0 Å². The van der Waals surface area contributed by atoms with Gasteiger partial charge in [0.1, 0.15) is 5.82 Å². The topological polar surface area (TPSA) is 38.0 Å². The maximum atomic E-state index is 13.2. The van der Waals surface area contributed by atoms with Crippen LogP contribution in [-0.2, 0) is 0 Å². The number of hydrogen-bond donors (Lipinski definition) is 2. The Morgan fingerprint density at radius 3 is 2.75 bits per heavy atom. The lowest BCUT2D eigenvalue weighted by molar-refractivity contribution is 0.518. The first-order chi connectivity index (χ1) is 7.67. The van der Waals surface area contributed by atoms with E-state index in [0.29, 0.717) is 0 Å². The number of nitrogens with two attached hydrogens (primary N) is 1. The fraction of sp³-hybridized carbons (Fsp3) is 0.385. The van der Waals surface area contributed by atoms with Crippen LogP contribution in [0.5, 0.6) is 0 Å². The van der Waals surface area contributed by atoms with Crippen LogP contribution in [0.4, 0.5) is 4.39 Å². The second kappa shape index (κ2) is 6.26. The molecule has 86 valence electrons. The molecule has 0 fully saturated rings. The van der Waals surface area contributed by atoms with E-state index in [9.17, 15) is 4.39 Å². The van der Waals surface area contributed by atoms with Gasteiger partial charge in [-0.1, -0.05) is 6.07 Å². The molecule has 1 unspecified atom stereocenters. The molecule has 0 saturated carbocycles. The summed E-state index contributed by atoms with van der Waals surface area (Å²) in [6.45, 7) is 3.67. The summed E-state index contributed by atoms with van der Waals surface area (Å²) in [5.41, 5.74) is 4.47. The molecule has 0 aromatic heterocycles. The third-order valence-electron chi connectivity index (χ3n) is 2.40. The number of hydrogen-bond acceptors (Lipinski definition) is 2. The van der Waals surface area contributed by atoms with Crippen LogP contribution in [0.3, 0.4) is 0 Å². The zero-order valence-corrected chi connectivity index (χ0v) is 9.68. The minimum Gasteiger partial charge on any atom is -0.271 e. The van der Waals surface area contributed by atoms with Gasteiger partial charge in [-0.15, -0.1) is 11.8 Å². The first-order valence-corrected chi connectivity index (χ1v) is 5.30. The first-order valence-electron chi connectivity index (χ1n) is 5.30. The predicted molar refractivity (Wildman–Crippen MR) is 63.9 cm³/mol. The molecule has 16 heavy (non-hydrogen) atoms. The van der Waals surface area contributed by atoms with Gasteiger partial charge in [-0.3, -0.25) is 11.3 Å². The van der Waals surface area contributed by atoms with E-state index >= 15 is 0 Å². The highest BCUT2D eigenvalue weighted by Gasteiger charge is 2.10. The van der Waals surface area contributed by atoms with Gasteiger partial charge in [0, 0.05) is 12.5 Å². The van der Waals surface area contributed by atoms with E-state index in [-0.39, 0.29) is 11.9 Å². The van der Waals surface area contributed by atoms with Crippen molar-refractivity contribution in [2.24, 2.45) is 5.84 Å². The largest absolute Gasteiger partial charge is 0.271 e. The molecule has 0 amide bonds. The van der Waals surface area contributed by atoms with Crippen LogP contribution >= 0.6 is 0 Å². The number of hydrazine groups is 1.